The van der Waals surface area contributed by atoms with E-state index < -0.39 is 0 Å². The molecule has 2 rings (SSSR count). The molecule has 1 aliphatic rings. The van der Waals surface area contributed by atoms with Crippen molar-refractivity contribution in [2.24, 2.45) is 4.99 Å². The van der Waals surface area contributed by atoms with Crippen molar-refractivity contribution >= 4 is 41.5 Å². The minimum Gasteiger partial charge on any atom is -0.379 e. The van der Waals surface area contributed by atoms with Gasteiger partial charge in [0.25, 0.3) is 0 Å². The molecule has 0 saturated carbocycles. The third-order valence-electron chi connectivity index (χ3n) is 4.71. The molecular formula is C21H36IN5O2. The summed E-state index contributed by atoms with van der Waals surface area (Å²) in [5.41, 5.74) is 1.93. The molecule has 3 N–H and O–H groups in total. The summed E-state index contributed by atoms with van der Waals surface area (Å²) in [4.78, 5) is 18.8. The lowest BCUT2D eigenvalue weighted by Gasteiger charge is -2.32. The maximum absolute atomic E-state index is 11.7. The molecule has 1 atom stereocenters. The minimum atomic E-state index is 0. The minimum absolute atomic E-state index is 0. The third kappa shape index (κ3) is 9.77. The molecule has 8 heteroatoms. The standard InChI is InChI=1S/C21H35N5O2.HI/c1-4-6-20(27)25-19-9-7-18(8-10-19)16-24-21(22-5-2)23-15-17(3)26-11-13-28-14-12-26;/h7-10,17H,4-6,11-16H2,1-3H3,(H,25,27)(H2,22,23,24);1H. The van der Waals surface area contributed by atoms with Crippen molar-refractivity contribution in [3.63, 3.8) is 0 Å². The fraction of sp³-hybridized carbons (Fsp3) is 0.619. The molecule has 0 aliphatic carbocycles. The fourth-order valence-electron chi connectivity index (χ4n) is 3.05. The van der Waals surface area contributed by atoms with Gasteiger partial charge in [-0.15, -0.1) is 24.0 Å². The van der Waals surface area contributed by atoms with Crippen LogP contribution in [0.3, 0.4) is 0 Å². The summed E-state index contributed by atoms with van der Waals surface area (Å²) < 4.78 is 5.42. The molecule has 1 aromatic carbocycles. The number of ether oxygens (including phenoxy) is 1. The topological polar surface area (TPSA) is 78.0 Å². The van der Waals surface area contributed by atoms with Crippen molar-refractivity contribution in [1.82, 2.24) is 15.5 Å². The predicted molar refractivity (Wildman–Crippen MR) is 130 cm³/mol. The van der Waals surface area contributed by atoms with Gasteiger partial charge in [-0.2, -0.15) is 0 Å². The number of nitrogens with one attached hydrogen (secondary N) is 3. The van der Waals surface area contributed by atoms with Gasteiger partial charge >= 0.3 is 0 Å². The zero-order valence-corrected chi connectivity index (χ0v) is 20.2. The number of carbonyl (C=O) groups is 1. The Kier molecular flexibility index (Phi) is 12.9. The number of benzene rings is 1. The number of guanidine groups is 1. The Labute approximate surface area is 192 Å². The van der Waals surface area contributed by atoms with Crippen molar-refractivity contribution in [2.45, 2.75) is 46.2 Å². The van der Waals surface area contributed by atoms with Gasteiger partial charge in [0.1, 0.15) is 0 Å². The quantitative estimate of drug-likeness (QED) is 0.267. The van der Waals surface area contributed by atoms with Gasteiger partial charge in [-0.1, -0.05) is 19.1 Å². The number of aliphatic imine (C=N–C) groups is 1. The molecule has 0 radical (unpaired) electrons. The Morgan fingerprint density at radius 3 is 2.48 bits per heavy atom. The number of halogens is 1. The first-order chi connectivity index (χ1) is 13.6. The summed E-state index contributed by atoms with van der Waals surface area (Å²) >= 11 is 0. The summed E-state index contributed by atoms with van der Waals surface area (Å²) in [5, 5.41) is 9.65. The Bertz CT molecular complexity index is 618. The highest BCUT2D eigenvalue weighted by molar-refractivity contribution is 14.0. The number of amides is 1. The highest BCUT2D eigenvalue weighted by atomic mass is 127. The number of morpholine rings is 1. The van der Waals surface area contributed by atoms with E-state index in [2.05, 4.69) is 39.7 Å². The molecule has 1 aromatic rings. The average molecular weight is 517 g/mol. The van der Waals surface area contributed by atoms with Crippen molar-refractivity contribution in [3.8, 4) is 0 Å². The van der Waals surface area contributed by atoms with E-state index in [4.69, 9.17) is 4.74 Å². The molecule has 7 nitrogen and oxygen atoms in total. The highest BCUT2D eigenvalue weighted by Crippen LogP contribution is 2.11. The summed E-state index contributed by atoms with van der Waals surface area (Å²) in [6.07, 6.45) is 1.40. The SMILES string of the molecule is CCCC(=O)Nc1ccc(CN=C(NCC)NCC(C)N2CCOCC2)cc1.I. The van der Waals surface area contributed by atoms with Crippen LogP contribution < -0.4 is 16.0 Å². The van der Waals surface area contributed by atoms with Crippen molar-refractivity contribution < 1.29 is 9.53 Å². The van der Waals surface area contributed by atoms with Crippen LogP contribution in [0.15, 0.2) is 29.3 Å². The van der Waals surface area contributed by atoms with E-state index in [1.807, 2.05) is 31.2 Å². The van der Waals surface area contributed by atoms with Gasteiger partial charge in [-0.05, 0) is 38.0 Å². The van der Waals surface area contributed by atoms with E-state index in [1.165, 1.54) is 0 Å². The van der Waals surface area contributed by atoms with Crippen LogP contribution in [0.1, 0.15) is 39.2 Å². The molecule has 164 valence electrons. The summed E-state index contributed by atoms with van der Waals surface area (Å²) in [6, 6.07) is 8.30. The van der Waals surface area contributed by atoms with Crippen molar-refractivity contribution in [3.05, 3.63) is 29.8 Å². The van der Waals surface area contributed by atoms with E-state index in [9.17, 15) is 4.79 Å². The molecule has 1 fully saturated rings. The lowest BCUT2D eigenvalue weighted by molar-refractivity contribution is -0.116. The van der Waals surface area contributed by atoms with Gasteiger partial charge in [0.05, 0.1) is 19.8 Å². The van der Waals surface area contributed by atoms with Crippen molar-refractivity contribution in [1.29, 1.82) is 0 Å². The molecule has 1 aliphatic heterocycles. The van der Waals surface area contributed by atoms with Gasteiger partial charge in [-0.3, -0.25) is 9.69 Å². The number of nitrogens with zero attached hydrogens (tertiary/aromatic N) is 2. The third-order valence-corrected chi connectivity index (χ3v) is 4.71. The van der Waals surface area contributed by atoms with Crippen LogP contribution in [-0.4, -0.2) is 62.2 Å². The Morgan fingerprint density at radius 2 is 1.86 bits per heavy atom. The summed E-state index contributed by atoms with van der Waals surface area (Å²) in [6.45, 7) is 12.1. The lowest BCUT2D eigenvalue weighted by atomic mass is 10.2. The van der Waals surface area contributed by atoms with E-state index in [0.29, 0.717) is 19.0 Å². The molecule has 1 saturated heterocycles. The predicted octanol–water partition coefficient (Wildman–Crippen LogP) is 2.82. The Balaban J connectivity index is 0.00000420. The summed E-state index contributed by atoms with van der Waals surface area (Å²) in [7, 11) is 0. The number of anilines is 1. The lowest BCUT2D eigenvalue weighted by Crippen LogP contribution is -2.49. The number of carbonyl (C=O) groups excluding carboxylic acids is 1. The highest BCUT2D eigenvalue weighted by Gasteiger charge is 2.16. The molecule has 0 spiro atoms. The molecule has 1 heterocycles. The molecule has 1 amide bonds. The first-order valence-corrected chi connectivity index (χ1v) is 10.3. The number of rotatable bonds is 9. The van der Waals surface area contributed by atoms with Crippen LogP contribution in [0.4, 0.5) is 5.69 Å². The second kappa shape index (κ2) is 14.6. The Hall–Kier alpha value is -1.39. The van der Waals surface area contributed by atoms with Gasteiger partial charge in [0.2, 0.25) is 5.91 Å². The van der Waals surface area contributed by atoms with Gasteiger partial charge in [-0.25, -0.2) is 4.99 Å². The smallest absolute Gasteiger partial charge is 0.224 e. The van der Waals surface area contributed by atoms with Crippen LogP contribution in [0.5, 0.6) is 0 Å². The maximum atomic E-state index is 11.7. The molecule has 0 aromatic heterocycles. The Morgan fingerprint density at radius 1 is 1.17 bits per heavy atom. The monoisotopic (exact) mass is 517 g/mol. The average Bonchev–Trinajstić information content (AvgIpc) is 2.71. The van der Waals surface area contributed by atoms with Crippen LogP contribution >= 0.6 is 24.0 Å². The van der Waals surface area contributed by atoms with Gasteiger partial charge in [0.15, 0.2) is 5.96 Å². The van der Waals surface area contributed by atoms with Gasteiger partial charge < -0.3 is 20.7 Å². The fourth-order valence-corrected chi connectivity index (χ4v) is 3.05. The van der Waals surface area contributed by atoms with E-state index in [1.54, 1.807) is 0 Å². The molecular weight excluding hydrogens is 481 g/mol. The molecule has 1 unspecified atom stereocenters. The zero-order valence-electron chi connectivity index (χ0n) is 17.9. The second-order valence-electron chi connectivity index (χ2n) is 7.07. The molecule has 29 heavy (non-hydrogen) atoms. The van der Waals surface area contributed by atoms with Crippen LogP contribution in [0.25, 0.3) is 0 Å². The normalized spacial score (nSPS) is 15.9. The van der Waals surface area contributed by atoms with E-state index in [0.717, 1.165) is 63.0 Å². The first-order valence-electron chi connectivity index (χ1n) is 10.3. The second-order valence-corrected chi connectivity index (χ2v) is 7.07. The summed E-state index contributed by atoms with van der Waals surface area (Å²) in [5.74, 6) is 0.879. The zero-order chi connectivity index (χ0) is 20.2. The van der Waals surface area contributed by atoms with Crippen LogP contribution in [0.2, 0.25) is 0 Å². The number of hydrogen-bond donors (Lipinski definition) is 3. The largest absolute Gasteiger partial charge is 0.379 e. The van der Waals surface area contributed by atoms with E-state index >= 15 is 0 Å². The molecule has 0 bridgehead atoms. The van der Waals surface area contributed by atoms with Crippen molar-refractivity contribution in [2.75, 3.05) is 44.7 Å². The number of hydrogen-bond acceptors (Lipinski definition) is 4. The maximum Gasteiger partial charge on any atom is 0.224 e. The van der Waals surface area contributed by atoms with Crippen LogP contribution in [0, 0.1) is 0 Å². The van der Waals surface area contributed by atoms with Crippen LogP contribution in [-0.2, 0) is 16.1 Å². The van der Waals surface area contributed by atoms with E-state index in [-0.39, 0.29) is 29.9 Å². The first kappa shape index (κ1) is 25.6. The van der Waals surface area contributed by atoms with Gasteiger partial charge in [0, 0.05) is 44.3 Å².